The molecule has 0 aliphatic rings. The van der Waals surface area contributed by atoms with Gasteiger partial charge < -0.3 is 15.3 Å². The van der Waals surface area contributed by atoms with Gasteiger partial charge in [0, 0.05) is 11.3 Å². The predicted molar refractivity (Wildman–Crippen MR) is 99.5 cm³/mol. The minimum absolute atomic E-state index is 0.566. The number of nitrogens with two attached hydrogens (primary N) is 1. The van der Waals surface area contributed by atoms with Crippen molar-refractivity contribution in [3.63, 3.8) is 0 Å². The monoisotopic (exact) mass is 356 g/mol. The number of nitrogens with zero attached hydrogens (tertiary/aromatic N) is 3. The summed E-state index contributed by atoms with van der Waals surface area (Å²) in [6, 6.07) is 13.7. The van der Waals surface area contributed by atoms with E-state index in [0.717, 1.165) is 16.9 Å². The first-order valence-corrected chi connectivity index (χ1v) is 8.72. The van der Waals surface area contributed by atoms with Gasteiger partial charge in [0.15, 0.2) is 5.82 Å². The van der Waals surface area contributed by atoms with Crippen molar-refractivity contribution in [3.05, 3.63) is 53.6 Å². The highest BCUT2D eigenvalue weighted by atomic mass is 32.2. The molecule has 1 aromatic heterocycles. The van der Waals surface area contributed by atoms with E-state index in [9.17, 15) is 0 Å². The summed E-state index contributed by atoms with van der Waals surface area (Å²) in [6.07, 6.45) is 0. The van der Waals surface area contributed by atoms with E-state index in [1.807, 2.05) is 36.4 Å². The highest BCUT2D eigenvalue weighted by molar-refractivity contribution is 7.98. The number of methoxy groups -OCH3 is 2. The summed E-state index contributed by atoms with van der Waals surface area (Å²) in [4.78, 5) is 0. The van der Waals surface area contributed by atoms with Crippen LogP contribution < -0.4 is 15.3 Å². The first kappa shape index (κ1) is 17.2. The Morgan fingerprint density at radius 1 is 1.04 bits per heavy atom. The third-order valence-corrected chi connectivity index (χ3v) is 4.80. The quantitative estimate of drug-likeness (QED) is 0.540. The van der Waals surface area contributed by atoms with Crippen LogP contribution in [0.2, 0.25) is 0 Å². The fourth-order valence-corrected chi connectivity index (χ4v) is 3.39. The number of rotatable bonds is 6. The van der Waals surface area contributed by atoms with Gasteiger partial charge in [-0.05, 0) is 25.1 Å². The second-order valence-electron chi connectivity index (χ2n) is 5.48. The Bertz CT molecular complexity index is 879. The smallest absolute Gasteiger partial charge is 0.210 e. The Kier molecular flexibility index (Phi) is 5.14. The summed E-state index contributed by atoms with van der Waals surface area (Å²) >= 11 is 1.51. The van der Waals surface area contributed by atoms with Gasteiger partial charge in [-0.1, -0.05) is 41.6 Å². The van der Waals surface area contributed by atoms with E-state index >= 15 is 0 Å². The molecule has 0 amide bonds. The Hall–Kier alpha value is -2.67. The summed E-state index contributed by atoms with van der Waals surface area (Å²) in [5.41, 5.74) is 3.08. The van der Waals surface area contributed by atoms with Crippen LogP contribution in [0, 0.1) is 6.92 Å². The topological polar surface area (TPSA) is 75.2 Å². The molecule has 0 spiro atoms. The van der Waals surface area contributed by atoms with E-state index in [-0.39, 0.29) is 0 Å². The first-order chi connectivity index (χ1) is 12.1. The van der Waals surface area contributed by atoms with Crippen molar-refractivity contribution in [2.75, 3.05) is 20.1 Å². The zero-order valence-electron chi connectivity index (χ0n) is 14.4. The summed E-state index contributed by atoms with van der Waals surface area (Å²) in [5, 5.41) is 9.07. The fraction of sp³-hybridized carbons (Fsp3) is 0.222. The predicted octanol–water partition coefficient (Wildman–Crippen LogP) is 3.28. The van der Waals surface area contributed by atoms with Crippen LogP contribution >= 0.6 is 11.8 Å². The molecular weight excluding hydrogens is 336 g/mol. The first-order valence-electron chi connectivity index (χ1n) is 7.74. The Morgan fingerprint density at radius 2 is 1.80 bits per heavy atom. The molecule has 2 aromatic carbocycles. The van der Waals surface area contributed by atoms with Crippen molar-refractivity contribution in [2.45, 2.75) is 17.8 Å². The van der Waals surface area contributed by atoms with Gasteiger partial charge in [-0.2, -0.15) is 0 Å². The molecule has 0 atom stereocenters. The number of benzene rings is 2. The molecular formula is C18H20N4O2S. The van der Waals surface area contributed by atoms with Crippen LogP contribution in [-0.2, 0) is 5.75 Å². The van der Waals surface area contributed by atoms with E-state index in [1.54, 1.807) is 14.2 Å². The molecule has 0 saturated carbocycles. The fourth-order valence-electron chi connectivity index (χ4n) is 2.55. The highest BCUT2D eigenvalue weighted by Crippen LogP contribution is 2.31. The van der Waals surface area contributed by atoms with Crippen molar-refractivity contribution >= 4 is 11.8 Å². The lowest BCUT2D eigenvalue weighted by Crippen LogP contribution is -2.12. The van der Waals surface area contributed by atoms with E-state index in [0.29, 0.717) is 22.5 Å². The number of para-hydroxylation sites is 1. The molecule has 0 radical (unpaired) electrons. The average Bonchev–Trinajstić information content (AvgIpc) is 3.00. The molecule has 0 aliphatic heterocycles. The molecule has 3 aromatic rings. The van der Waals surface area contributed by atoms with Gasteiger partial charge >= 0.3 is 0 Å². The molecule has 0 unspecified atom stereocenters. The lowest BCUT2D eigenvalue weighted by Gasteiger charge is -2.10. The van der Waals surface area contributed by atoms with Gasteiger partial charge in [-0.25, -0.2) is 4.68 Å². The molecule has 130 valence electrons. The second-order valence-corrected chi connectivity index (χ2v) is 6.42. The molecule has 6 nitrogen and oxygen atoms in total. The standard InChI is InChI=1S/C18H20N4O2S/c1-12-8-9-15(23-2)13(10-12)11-25-18-21-20-17(22(18)19)14-6-4-5-7-16(14)24-3/h4-10H,11,19H2,1-3H3. The average molecular weight is 356 g/mol. The maximum absolute atomic E-state index is 6.21. The third-order valence-electron chi connectivity index (χ3n) is 3.81. The Morgan fingerprint density at radius 3 is 2.56 bits per heavy atom. The minimum Gasteiger partial charge on any atom is -0.496 e. The molecule has 25 heavy (non-hydrogen) atoms. The van der Waals surface area contributed by atoms with Crippen LogP contribution in [0.15, 0.2) is 47.6 Å². The van der Waals surface area contributed by atoms with Gasteiger partial charge in [0.25, 0.3) is 0 Å². The number of aryl methyl sites for hydroxylation is 1. The van der Waals surface area contributed by atoms with Crippen molar-refractivity contribution in [1.29, 1.82) is 0 Å². The second kappa shape index (κ2) is 7.48. The van der Waals surface area contributed by atoms with Crippen LogP contribution in [0.1, 0.15) is 11.1 Å². The van der Waals surface area contributed by atoms with Crippen LogP contribution in [0.5, 0.6) is 11.5 Å². The van der Waals surface area contributed by atoms with Crippen LogP contribution in [-0.4, -0.2) is 29.1 Å². The maximum Gasteiger partial charge on any atom is 0.210 e. The maximum atomic E-state index is 6.21. The molecule has 0 saturated heterocycles. The molecule has 1 heterocycles. The molecule has 0 fully saturated rings. The minimum atomic E-state index is 0.566. The Labute approximate surface area is 150 Å². The summed E-state index contributed by atoms with van der Waals surface area (Å²) in [7, 11) is 3.29. The number of thioether (sulfide) groups is 1. The van der Waals surface area contributed by atoms with Gasteiger partial charge in [-0.3, -0.25) is 0 Å². The van der Waals surface area contributed by atoms with Gasteiger partial charge in [0.2, 0.25) is 5.16 Å². The summed E-state index contributed by atoms with van der Waals surface area (Å²) in [6.45, 7) is 2.05. The molecule has 3 rings (SSSR count). The molecule has 2 N–H and O–H groups in total. The lowest BCUT2D eigenvalue weighted by atomic mass is 10.1. The van der Waals surface area contributed by atoms with Crippen molar-refractivity contribution < 1.29 is 9.47 Å². The van der Waals surface area contributed by atoms with Crippen LogP contribution in [0.25, 0.3) is 11.4 Å². The molecule has 0 aliphatic carbocycles. The SMILES string of the molecule is COc1ccc(C)cc1CSc1nnc(-c2ccccc2OC)n1N. The van der Waals surface area contributed by atoms with E-state index in [4.69, 9.17) is 15.3 Å². The van der Waals surface area contributed by atoms with Crippen molar-refractivity contribution in [2.24, 2.45) is 0 Å². The largest absolute Gasteiger partial charge is 0.496 e. The number of aromatic nitrogens is 3. The van der Waals surface area contributed by atoms with Crippen molar-refractivity contribution in [1.82, 2.24) is 14.9 Å². The molecule has 7 heteroatoms. The zero-order valence-corrected chi connectivity index (χ0v) is 15.2. The third kappa shape index (κ3) is 3.56. The number of ether oxygens (including phenoxy) is 2. The number of nitrogen functional groups attached to an aromatic ring is 1. The molecule has 0 bridgehead atoms. The van der Waals surface area contributed by atoms with Crippen LogP contribution in [0.4, 0.5) is 0 Å². The normalized spacial score (nSPS) is 10.7. The number of hydrogen-bond acceptors (Lipinski definition) is 6. The zero-order chi connectivity index (χ0) is 17.8. The van der Waals surface area contributed by atoms with E-state index < -0.39 is 0 Å². The van der Waals surface area contributed by atoms with Crippen molar-refractivity contribution in [3.8, 4) is 22.9 Å². The summed E-state index contributed by atoms with van der Waals surface area (Å²) < 4.78 is 12.3. The van der Waals surface area contributed by atoms with Gasteiger partial charge in [0.05, 0.1) is 19.8 Å². The Balaban J connectivity index is 1.84. The van der Waals surface area contributed by atoms with Crippen LogP contribution in [0.3, 0.4) is 0 Å². The number of hydrogen-bond donors (Lipinski definition) is 1. The highest BCUT2D eigenvalue weighted by Gasteiger charge is 2.16. The summed E-state index contributed by atoms with van der Waals surface area (Å²) in [5.74, 6) is 9.02. The van der Waals surface area contributed by atoms with E-state index in [2.05, 4.69) is 23.2 Å². The van der Waals surface area contributed by atoms with E-state index in [1.165, 1.54) is 22.0 Å². The lowest BCUT2D eigenvalue weighted by molar-refractivity contribution is 0.411. The van der Waals surface area contributed by atoms with Gasteiger partial charge in [-0.15, -0.1) is 10.2 Å². The van der Waals surface area contributed by atoms with Gasteiger partial charge in [0.1, 0.15) is 11.5 Å².